The van der Waals surface area contributed by atoms with Crippen LogP contribution in [-0.4, -0.2) is 50.9 Å². The highest BCUT2D eigenvalue weighted by molar-refractivity contribution is 5.99. The molecule has 13 nitrogen and oxygen atoms in total. The van der Waals surface area contributed by atoms with Crippen LogP contribution in [0.5, 0.6) is 11.5 Å². The highest BCUT2D eigenvalue weighted by Gasteiger charge is 2.24. The monoisotopic (exact) mass is 521 g/mol. The summed E-state index contributed by atoms with van der Waals surface area (Å²) in [7, 11) is 0. The molecular formula is C25H27N7O6. The molecule has 2 aromatic carbocycles. The Hall–Kier alpha value is -5.01. The maximum atomic E-state index is 12.9. The third kappa shape index (κ3) is 7.49. The summed E-state index contributed by atoms with van der Waals surface area (Å²) in [6.45, 7) is 0. The van der Waals surface area contributed by atoms with Crippen LogP contribution < -0.4 is 33.2 Å². The van der Waals surface area contributed by atoms with Crippen molar-refractivity contribution < 1.29 is 29.4 Å². The lowest BCUT2D eigenvalue weighted by Crippen LogP contribution is -2.50. The van der Waals surface area contributed by atoms with Crippen molar-refractivity contribution in [1.82, 2.24) is 26.5 Å². The van der Waals surface area contributed by atoms with Gasteiger partial charge in [0.15, 0.2) is 0 Å². The van der Waals surface area contributed by atoms with Crippen LogP contribution in [0.25, 0.3) is 0 Å². The van der Waals surface area contributed by atoms with Crippen molar-refractivity contribution in [3.63, 3.8) is 0 Å². The van der Waals surface area contributed by atoms with Crippen molar-refractivity contribution >= 4 is 23.6 Å². The predicted octanol–water partition coefficient (Wildman–Crippen LogP) is -0.845. The Bertz CT molecular complexity index is 1200. The molecular weight excluding hydrogens is 494 g/mol. The van der Waals surface area contributed by atoms with E-state index < -0.39 is 35.7 Å². The molecule has 13 heteroatoms. The molecule has 0 aliphatic heterocycles. The van der Waals surface area contributed by atoms with Crippen LogP contribution in [-0.2, 0) is 22.4 Å². The Labute approximate surface area is 217 Å². The number of rotatable bonds is 10. The van der Waals surface area contributed by atoms with Crippen molar-refractivity contribution in [2.24, 2.45) is 11.7 Å². The first-order valence-corrected chi connectivity index (χ1v) is 11.4. The van der Waals surface area contributed by atoms with Gasteiger partial charge in [0.05, 0.1) is 0 Å². The Morgan fingerprint density at radius 3 is 1.37 bits per heavy atom. The van der Waals surface area contributed by atoms with E-state index in [4.69, 9.17) is 11.7 Å². The number of carbonyl (C=O) groups excluding carboxylic acids is 4. The lowest BCUT2D eigenvalue weighted by Gasteiger charge is -2.18. The number of hydrogen-bond donors (Lipinski definition) is 8. The number of hydrogen-bond acceptors (Lipinski definition) is 9. The third-order valence-electron chi connectivity index (χ3n) is 5.49. The zero-order chi connectivity index (χ0) is 27.7. The molecule has 2 atom stereocenters. The van der Waals surface area contributed by atoms with Gasteiger partial charge < -0.3 is 20.8 Å². The van der Waals surface area contributed by atoms with Crippen molar-refractivity contribution in [2.45, 2.75) is 24.9 Å². The highest BCUT2D eigenvalue weighted by atomic mass is 16.3. The van der Waals surface area contributed by atoms with Crippen LogP contribution in [0.2, 0.25) is 0 Å². The van der Waals surface area contributed by atoms with E-state index in [0.717, 1.165) is 0 Å². The standard InChI is InChI=1S/C25H27N7O6/c26-31-24(37)20(12-14-4-8-16(33)9-5-14)29-22(35)18-2-1-3-19(28-18)23(36)30-21(25(38)32-27)13-15-6-10-17(34)11-7-15/h1-11,20-21,33-34H,12-13,26-27H2,(H,29,35)(H,30,36)(H,31,37)(H,32,38)/t20-,21-/m0/s1. The maximum Gasteiger partial charge on any atom is 0.270 e. The van der Waals surface area contributed by atoms with Gasteiger partial charge in [-0.1, -0.05) is 30.3 Å². The molecule has 198 valence electrons. The van der Waals surface area contributed by atoms with Gasteiger partial charge in [-0.15, -0.1) is 0 Å². The van der Waals surface area contributed by atoms with Gasteiger partial charge in [-0.3, -0.25) is 30.0 Å². The van der Waals surface area contributed by atoms with E-state index in [1.807, 2.05) is 10.9 Å². The second-order valence-corrected chi connectivity index (χ2v) is 8.22. The van der Waals surface area contributed by atoms with E-state index in [1.165, 1.54) is 42.5 Å². The highest BCUT2D eigenvalue weighted by Crippen LogP contribution is 2.13. The third-order valence-corrected chi connectivity index (χ3v) is 5.49. The Kier molecular flexibility index (Phi) is 9.29. The number of aromatic nitrogens is 1. The minimum Gasteiger partial charge on any atom is -0.508 e. The Morgan fingerprint density at radius 1 is 0.658 bits per heavy atom. The van der Waals surface area contributed by atoms with E-state index in [9.17, 15) is 29.4 Å². The molecule has 0 unspecified atom stereocenters. The van der Waals surface area contributed by atoms with Gasteiger partial charge in [0.25, 0.3) is 23.6 Å². The van der Waals surface area contributed by atoms with Crippen LogP contribution in [0, 0.1) is 0 Å². The Balaban J connectivity index is 1.73. The van der Waals surface area contributed by atoms with Crippen molar-refractivity contribution in [2.75, 3.05) is 0 Å². The number of hydrazine groups is 2. The number of aromatic hydroxyl groups is 2. The van der Waals surface area contributed by atoms with Gasteiger partial charge in [-0.2, -0.15) is 0 Å². The molecule has 1 aromatic heterocycles. The van der Waals surface area contributed by atoms with Crippen LogP contribution in [0.4, 0.5) is 0 Å². The number of phenolic OH excluding ortho intramolecular Hbond substituents is 2. The average molecular weight is 522 g/mol. The number of amides is 4. The van der Waals surface area contributed by atoms with Gasteiger partial charge in [0, 0.05) is 12.8 Å². The van der Waals surface area contributed by atoms with Crippen LogP contribution in [0.3, 0.4) is 0 Å². The molecule has 0 fully saturated rings. The maximum absolute atomic E-state index is 12.9. The lowest BCUT2D eigenvalue weighted by atomic mass is 10.0. The lowest BCUT2D eigenvalue weighted by molar-refractivity contribution is -0.123. The second-order valence-electron chi connectivity index (χ2n) is 8.22. The molecule has 10 N–H and O–H groups in total. The van der Waals surface area contributed by atoms with Crippen LogP contribution in [0.1, 0.15) is 32.1 Å². The summed E-state index contributed by atoms with van der Waals surface area (Å²) in [4.78, 5) is 54.3. The van der Waals surface area contributed by atoms with E-state index in [-0.39, 0.29) is 35.7 Å². The predicted molar refractivity (Wildman–Crippen MR) is 135 cm³/mol. The second kappa shape index (κ2) is 12.8. The quantitative estimate of drug-likeness (QED) is 0.0944. The van der Waals surface area contributed by atoms with E-state index >= 15 is 0 Å². The first-order chi connectivity index (χ1) is 18.2. The molecule has 0 spiro atoms. The molecule has 38 heavy (non-hydrogen) atoms. The van der Waals surface area contributed by atoms with Crippen molar-refractivity contribution in [3.05, 3.63) is 89.2 Å². The van der Waals surface area contributed by atoms with Crippen LogP contribution >= 0.6 is 0 Å². The minimum absolute atomic E-state index is 0.0474. The fourth-order valence-corrected chi connectivity index (χ4v) is 3.51. The Morgan fingerprint density at radius 2 is 1.03 bits per heavy atom. The zero-order valence-corrected chi connectivity index (χ0v) is 20.0. The topological polar surface area (TPSA) is 222 Å². The molecule has 3 aromatic rings. The summed E-state index contributed by atoms with van der Waals surface area (Å²) in [5.74, 6) is 7.81. The van der Waals surface area contributed by atoms with Crippen molar-refractivity contribution in [3.8, 4) is 11.5 Å². The largest absolute Gasteiger partial charge is 0.508 e. The molecule has 0 saturated heterocycles. The fraction of sp³-hybridized carbons (Fsp3) is 0.160. The first-order valence-electron chi connectivity index (χ1n) is 11.4. The summed E-state index contributed by atoms with van der Waals surface area (Å²) in [5, 5.41) is 24.0. The van der Waals surface area contributed by atoms with Gasteiger partial charge in [0.2, 0.25) is 0 Å². The van der Waals surface area contributed by atoms with Crippen LogP contribution in [0.15, 0.2) is 66.7 Å². The molecule has 3 rings (SSSR count). The van der Waals surface area contributed by atoms with Crippen molar-refractivity contribution in [1.29, 1.82) is 0 Å². The summed E-state index contributed by atoms with van der Waals surface area (Å²) in [5.41, 5.74) is 4.97. The summed E-state index contributed by atoms with van der Waals surface area (Å²) in [6, 6.07) is 14.1. The average Bonchev–Trinajstić information content (AvgIpc) is 2.93. The van der Waals surface area contributed by atoms with Gasteiger partial charge >= 0.3 is 0 Å². The smallest absolute Gasteiger partial charge is 0.270 e. The number of carbonyl (C=O) groups is 4. The van der Waals surface area contributed by atoms with E-state index in [2.05, 4.69) is 15.6 Å². The molecule has 0 radical (unpaired) electrons. The molecule has 0 saturated carbocycles. The number of nitrogens with one attached hydrogen (secondary N) is 4. The molecule has 0 bridgehead atoms. The van der Waals surface area contributed by atoms with E-state index in [1.54, 1.807) is 24.3 Å². The molecule has 0 aliphatic carbocycles. The number of pyridine rings is 1. The zero-order valence-electron chi connectivity index (χ0n) is 20.0. The van der Waals surface area contributed by atoms with Gasteiger partial charge in [-0.05, 0) is 47.5 Å². The number of nitrogens with two attached hydrogens (primary N) is 2. The molecule has 0 aliphatic rings. The SMILES string of the molecule is NNC(=O)[C@H](Cc1ccc(O)cc1)NC(=O)c1cccc(C(=O)N[C@@H](Cc2ccc(O)cc2)C(=O)NN)n1. The number of phenols is 2. The fourth-order valence-electron chi connectivity index (χ4n) is 3.51. The number of benzene rings is 2. The normalized spacial score (nSPS) is 12.1. The number of nitrogens with zero attached hydrogens (tertiary/aromatic N) is 1. The first kappa shape index (κ1) is 27.6. The van der Waals surface area contributed by atoms with Gasteiger partial charge in [0.1, 0.15) is 35.0 Å². The molecule has 4 amide bonds. The minimum atomic E-state index is -1.07. The molecule has 1 heterocycles. The summed E-state index contributed by atoms with van der Waals surface area (Å²) >= 11 is 0. The summed E-state index contributed by atoms with van der Waals surface area (Å²) in [6.07, 6.45) is 0.144. The van der Waals surface area contributed by atoms with Gasteiger partial charge in [-0.25, -0.2) is 16.7 Å². The summed E-state index contributed by atoms with van der Waals surface area (Å²) < 4.78 is 0. The van der Waals surface area contributed by atoms with E-state index in [0.29, 0.717) is 11.1 Å².